The van der Waals surface area contributed by atoms with E-state index < -0.39 is 4.92 Å². The van der Waals surface area contributed by atoms with Crippen LogP contribution in [0.2, 0.25) is 0 Å². The quantitative estimate of drug-likeness (QED) is 0.488. The molecule has 0 heterocycles. The molecule has 0 spiro atoms. The molecule has 9 heteroatoms. The van der Waals surface area contributed by atoms with Crippen molar-refractivity contribution in [2.24, 2.45) is 0 Å². The monoisotopic (exact) mass is 390 g/mol. The molecule has 0 aliphatic heterocycles. The van der Waals surface area contributed by atoms with Crippen molar-refractivity contribution in [2.45, 2.75) is 6.54 Å². The van der Waals surface area contributed by atoms with Gasteiger partial charge in [0, 0.05) is 30.8 Å². The van der Waals surface area contributed by atoms with E-state index >= 15 is 0 Å². The second-order valence-electron chi connectivity index (χ2n) is 5.73. The van der Waals surface area contributed by atoms with Crippen LogP contribution in [-0.2, 0) is 11.3 Å². The average molecular weight is 390 g/mol. The molecule has 0 bridgehead atoms. The molecule has 0 saturated heterocycles. The molecule has 0 unspecified atom stereocenters. The molecule has 0 aliphatic rings. The van der Waals surface area contributed by atoms with Gasteiger partial charge in [0.2, 0.25) is 5.75 Å². The Morgan fingerprint density at radius 3 is 2.50 bits per heavy atom. The number of nitro groups is 1. The molecule has 0 aliphatic carbocycles. The molecule has 28 heavy (non-hydrogen) atoms. The Hall–Kier alpha value is -3.33. The number of para-hydroxylation sites is 1. The number of carbonyl (C=O) groups is 1. The fourth-order valence-corrected chi connectivity index (χ4v) is 2.59. The zero-order valence-corrected chi connectivity index (χ0v) is 15.7. The van der Waals surface area contributed by atoms with Gasteiger partial charge in [-0.05, 0) is 12.1 Å². The van der Waals surface area contributed by atoms with Crippen LogP contribution in [0.3, 0.4) is 0 Å². The second kappa shape index (κ2) is 10.1. The Morgan fingerprint density at radius 2 is 1.86 bits per heavy atom. The van der Waals surface area contributed by atoms with E-state index in [1.54, 1.807) is 13.2 Å². The lowest BCUT2D eigenvalue weighted by atomic mass is 10.2. The molecule has 2 rings (SSSR count). The molecule has 0 fully saturated rings. The Morgan fingerprint density at radius 1 is 1.14 bits per heavy atom. The SMILES string of the molecule is COc1ccccc1CN(CCO)C(=O)COc1ccc([N+](=O)[O-])c(OC)c1. The van der Waals surface area contributed by atoms with Crippen molar-refractivity contribution in [3.63, 3.8) is 0 Å². The maximum Gasteiger partial charge on any atom is 0.311 e. The standard InChI is InChI=1S/C19H22N2O7/c1-26-17-6-4-3-5-14(17)12-20(9-10-22)19(23)13-28-15-7-8-16(21(24)25)18(11-15)27-2/h3-8,11,22H,9-10,12-13H2,1-2H3. The fraction of sp³-hybridized carbons (Fsp3) is 0.316. The zero-order valence-electron chi connectivity index (χ0n) is 15.7. The third-order valence-electron chi connectivity index (χ3n) is 3.99. The highest BCUT2D eigenvalue weighted by Gasteiger charge is 2.18. The predicted molar refractivity (Wildman–Crippen MR) is 101 cm³/mol. The first kappa shape index (κ1) is 21.0. The van der Waals surface area contributed by atoms with Crippen LogP contribution in [0.15, 0.2) is 42.5 Å². The van der Waals surface area contributed by atoms with E-state index in [4.69, 9.17) is 14.2 Å². The van der Waals surface area contributed by atoms with Crippen LogP contribution < -0.4 is 14.2 Å². The van der Waals surface area contributed by atoms with Gasteiger partial charge in [-0.25, -0.2) is 0 Å². The molecule has 0 saturated carbocycles. The number of amides is 1. The second-order valence-corrected chi connectivity index (χ2v) is 5.73. The topological polar surface area (TPSA) is 111 Å². The Balaban J connectivity index is 2.07. The number of carbonyl (C=O) groups excluding carboxylic acids is 1. The van der Waals surface area contributed by atoms with Crippen LogP contribution in [-0.4, -0.2) is 54.8 Å². The van der Waals surface area contributed by atoms with Crippen molar-refractivity contribution in [1.82, 2.24) is 4.90 Å². The van der Waals surface area contributed by atoms with Crippen molar-refractivity contribution in [3.05, 3.63) is 58.1 Å². The molecule has 9 nitrogen and oxygen atoms in total. The van der Waals surface area contributed by atoms with Crippen LogP contribution in [0.25, 0.3) is 0 Å². The lowest BCUT2D eigenvalue weighted by Crippen LogP contribution is -2.36. The minimum atomic E-state index is -0.565. The highest BCUT2D eigenvalue weighted by Crippen LogP contribution is 2.30. The number of benzene rings is 2. The molecule has 0 atom stereocenters. The molecular formula is C19H22N2O7. The summed E-state index contributed by atoms with van der Waals surface area (Å²) in [4.78, 5) is 24.4. The summed E-state index contributed by atoms with van der Waals surface area (Å²) in [5, 5.41) is 20.2. The summed E-state index contributed by atoms with van der Waals surface area (Å²) in [6.45, 7) is -0.122. The lowest BCUT2D eigenvalue weighted by Gasteiger charge is -2.23. The Labute approximate surface area is 162 Å². The van der Waals surface area contributed by atoms with E-state index in [0.29, 0.717) is 5.75 Å². The third kappa shape index (κ3) is 5.34. The van der Waals surface area contributed by atoms with Crippen molar-refractivity contribution < 1.29 is 29.0 Å². The molecule has 1 amide bonds. The maximum absolute atomic E-state index is 12.5. The summed E-state index contributed by atoms with van der Waals surface area (Å²) < 4.78 is 15.7. The molecule has 150 valence electrons. The summed E-state index contributed by atoms with van der Waals surface area (Å²) in [6.07, 6.45) is 0. The number of nitrogens with zero attached hydrogens (tertiary/aromatic N) is 2. The summed E-state index contributed by atoms with van der Waals surface area (Å²) in [5.74, 6) is 0.588. The van der Waals surface area contributed by atoms with Gasteiger partial charge < -0.3 is 24.2 Å². The van der Waals surface area contributed by atoms with E-state index in [-0.39, 0.29) is 49.4 Å². The van der Waals surface area contributed by atoms with E-state index in [2.05, 4.69) is 0 Å². The van der Waals surface area contributed by atoms with Crippen LogP contribution in [0.5, 0.6) is 17.2 Å². The van der Waals surface area contributed by atoms with E-state index in [1.165, 1.54) is 30.2 Å². The molecule has 2 aromatic carbocycles. The average Bonchev–Trinajstić information content (AvgIpc) is 2.71. The molecular weight excluding hydrogens is 368 g/mol. The molecule has 0 aromatic heterocycles. The number of hydrogen-bond acceptors (Lipinski definition) is 7. The molecule has 2 aromatic rings. The van der Waals surface area contributed by atoms with E-state index in [0.717, 1.165) is 5.56 Å². The van der Waals surface area contributed by atoms with Gasteiger partial charge in [0.05, 0.1) is 25.7 Å². The first-order chi connectivity index (χ1) is 13.5. The number of ether oxygens (including phenoxy) is 3. The van der Waals surface area contributed by atoms with Crippen LogP contribution >= 0.6 is 0 Å². The number of hydrogen-bond donors (Lipinski definition) is 1. The van der Waals surface area contributed by atoms with Gasteiger partial charge in [-0.15, -0.1) is 0 Å². The van der Waals surface area contributed by atoms with Crippen LogP contribution in [0.4, 0.5) is 5.69 Å². The maximum atomic E-state index is 12.5. The number of rotatable bonds is 10. The summed E-state index contributed by atoms with van der Waals surface area (Å²) in [7, 11) is 2.86. The normalized spacial score (nSPS) is 10.2. The van der Waals surface area contributed by atoms with Gasteiger partial charge in [0.15, 0.2) is 6.61 Å². The third-order valence-corrected chi connectivity index (χ3v) is 3.99. The lowest BCUT2D eigenvalue weighted by molar-refractivity contribution is -0.385. The van der Waals surface area contributed by atoms with E-state index in [1.807, 2.05) is 18.2 Å². The smallest absolute Gasteiger partial charge is 0.311 e. The summed E-state index contributed by atoms with van der Waals surface area (Å²) in [6, 6.07) is 11.3. The van der Waals surface area contributed by atoms with Gasteiger partial charge in [0.25, 0.3) is 5.91 Å². The minimum Gasteiger partial charge on any atom is -0.496 e. The fourth-order valence-electron chi connectivity index (χ4n) is 2.59. The van der Waals surface area contributed by atoms with Gasteiger partial charge in [0.1, 0.15) is 11.5 Å². The van der Waals surface area contributed by atoms with Crippen LogP contribution in [0, 0.1) is 10.1 Å². The Bertz CT molecular complexity index is 826. The van der Waals surface area contributed by atoms with Gasteiger partial charge in [-0.2, -0.15) is 0 Å². The largest absolute Gasteiger partial charge is 0.496 e. The van der Waals surface area contributed by atoms with Crippen molar-refractivity contribution in [1.29, 1.82) is 0 Å². The number of methoxy groups -OCH3 is 2. The molecule has 0 radical (unpaired) electrons. The number of nitro benzene ring substituents is 1. The zero-order chi connectivity index (χ0) is 20.5. The van der Waals surface area contributed by atoms with E-state index in [9.17, 15) is 20.0 Å². The summed E-state index contributed by atoms with van der Waals surface area (Å²) >= 11 is 0. The van der Waals surface area contributed by atoms with Crippen molar-refractivity contribution in [2.75, 3.05) is 34.0 Å². The van der Waals surface area contributed by atoms with Crippen LogP contribution in [0.1, 0.15) is 5.56 Å². The highest BCUT2D eigenvalue weighted by atomic mass is 16.6. The predicted octanol–water partition coefficient (Wildman–Crippen LogP) is 2.01. The van der Waals surface area contributed by atoms with Gasteiger partial charge >= 0.3 is 5.69 Å². The first-order valence-electron chi connectivity index (χ1n) is 8.46. The number of aliphatic hydroxyl groups is 1. The number of aliphatic hydroxyl groups excluding tert-OH is 1. The Kier molecular flexibility index (Phi) is 7.58. The molecule has 1 N–H and O–H groups in total. The minimum absolute atomic E-state index is 0.0381. The first-order valence-corrected chi connectivity index (χ1v) is 8.46. The highest BCUT2D eigenvalue weighted by molar-refractivity contribution is 5.78. The van der Waals surface area contributed by atoms with Gasteiger partial charge in [-0.1, -0.05) is 18.2 Å². The summed E-state index contributed by atoms with van der Waals surface area (Å²) in [5.41, 5.74) is 0.600. The van der Waals surface area contributed by atoms with Gasteiger partial charge in [-0.3, -0.25) is 14.9 Å². The van der Waals surface area contributed by atoms with Crippen molar-refractivity contribution in [3.8, 4) is 17.2 Å². The van der Waals surface area contributed by atoms with Crippen molar-refractivity contribution >= 4 is 11.6 Å².